The number of carbonyl (C=O) groups is 1. The second kappa shape index (κ2) is 15.3. The molecule has 46 heavy (non-hydrogen) atoms. The van der Waals surface area contributed by atoms with E-state index in [1.54, 1.807) is 43.5 Å². The van der Waals surface area contributed by atoms with Crippen LogP contribution < -0.4 is 20.3 Å². The molecule has 0 aromatic heterocycles. The predicted octanol–water partition coefficient (Wildman–Crippen LogP) is 5.92. The van der Waals surface area contributed by atoms with Gasteiger partial charge in [0.15, 0.2) is 11.6 Å². The molecule has 0 bridgehead atoms. The highest BCUT2D eigenvalue weighted by atomic mass is 19.1. The van der Waals surface area contributed by atoms with Crippen molar-refractivity contribution in [2.24, 2.45) is 4.99 Å². The molecule has 1 heterocycles. The number of hydrogen-bond donors (Lipinski definition) is 3. The molecule has 4 aromatic carbocycles. The number of amides is 1. The molecule has 0 saturated carbocycles. The van der Waals surface area contributed by atoms with Gasteiger partial charge in [-0.3, -0.25) is 10.2 Å². The van der Waals surface area contributed by atoms with Gasteiger partial charge in [-0.1, -0.05) is 54.6 Å². The topological polar surface area (TPSA) is 101 Å². The zero-order valence-corrected chi connectivity index (χ0v) is 25.3. The number of aliphatic hydroxyl groups excluding tert-OH is 1. The largest absolute Gasteiger partial charge is 0.497 e. The molecule has 4 aromatic rings. The molecule has 2 atom stereocenters. The second-order valence-corrected chi connectivity index (χ2v) is 10.6. The standard InChI is InChI=1S/C36H35F2N3O5/c1-44-31-12-5-11-27(23-31)33-36(19-6-10-25-8-3-2-4-9-25,35(43)41-39-24-28-22-29(37)15-18-32(28)38)40-34(46-33)26-13-16-30(17-14-26)45-21-7-20-42/h2-6,8-18,22-23,33,39,42H,7,19-21,24H2,1H3,(H,41,43)/b10-6+/t33-,36-/m0/s1. The van der Waals surface area contributed by atoms with Gasteiger partial charge in [-0.25, -0.2) is 19.2 Å². The van der Waals surface area contributed by atoms with E-state index in [-0.39, 0.29) is 31.0 Å². The first-order valence-corrected chi connectivity index (χ1v) is 14.9. The third-order valence-electron chi connectivity index (χ3n) is 7.45. The number of hydrogen-bond acceptors (Lipinski definition) is 7. The maximum Gasteiger partial charge on any atom is 0.266 e. The minimum atomic E-state index is -1.52. The quantitative estimate of drug-likeness (QED) is 0.119. The minimum Gasteiger partial charge on any atom is -0.497 e. The van der Waals surface area contributed by atoms with Crippen molar-refractivity contribution < 1.29 is 32.9 Å². The fourth-order valence-electron chi connectivity index (χ4n) is 5.07. The Bertz CT molecular complexity index is 1680. The smallest absolute Gasteiger partial charge is 0.266 e. The Morgan fingerprint density at radius 1 is 1.00 bits per heavy atom. The summed E-state index contributed by atoms with van der Waals surface area (Å²) in [6.45, 7) is 0.238. The monoisotopic (exact) mass is 627 g/mol. The van der Waals surface area contributed by atoms with Gasteiger partial charge in [0.25, 0.3) is 5.91 Å². The van der Waals surface area contributed by atoms with E-state index in [9.17, 15) is 13.6 Å². The first kappa shape index (κ1) is 32.3. The van der Waals surface area contributed by atoms with Gasteiger partial charge < -0.3 is 19.3 Å². The number of aliphatic hydroxyl groups is 1. The Morgan fingerprint density at radius 2 is 1.80 bits per heavy atom. The molecular formula is C36H35F2N3O5. The van der Waals surface area contributed by atoms with Crippen molar-refractivity contribution in [2.45, 2.75) is 31.0 Å². The number of methoxy groups -OCH3 is 1. The number of benzene rings is 4. The molecule has 8 nitrogen and oxygen atoms in total. The average Bonchev–Trinajstić information content (AvgIpc) is 3.48. The molecule has 238 valence electrons. The van der Waals surface area contributed by atoms with Crippen LogP contribution in [0.2, 0.25) is 0 Å². The molecule has 3 N–H and O–H groups in total. The number of carbonyl (C=O) groups excluding carboxylic acids is 1. The fraction of sp³-hybridized carbons (Fsp3) is 0.222. The van der Waals surface area contributed by atoms with Gasteiger partial charge in [0.2, 0.25) is 5.90 Å². The van der Waals surface area contributed by atoms with Gasteiger partial charge in [0.1, 0.15) is 23.1 Å². The highest BCUT2D eigenvalue weighted by molar-refractivity contribution is 6.01. The maximum absolute atomic E-state index is 14.3. The summed E-state index contributed by atoms with van der Waals surface area (Å²) < 4.78 is 45.7. The van der Waals surface area contributed by atoms with Crippen molar-refractivity contribution in [1.29, 1.82) is 0 Å². The lowest BCUT2D eigenvalue weighted by molar-refractivity contribution is -0.129. The predicted molar refractivity (Wildman–Crippen MR) is 171 cm³/mol. The van der Waals surface area contributed by atoms with Gasteiger partial charge in [-0.2, -0.15) is 0 Å². The molecular weight excluding hydrogens is 592 g/mol. The van der Waals surface area contributed by atoms with E-state index in [0.29, 0.717) is 35.7 Å². The van der Waals surface area contributed by atoms with Crippen LogP contribution in [-0.4, -0.2) is 42.8 Å². The van der Waals surface area contributed by atoms with Crippen molar-refractivity contribution in [3.8, 4) is 11.5 Å². The van der Waals surface area contributed by atoms with Crippen molar-refractivity contribution in [3.05, 3.63) is 137 Å². The Morgan fingerprint density at radius 3 is 2.57 bits per heavy atom. The molecule has 1 amide bonds. The van der Waals surface area contributed by atoms with Gasteiger partial charge >= 0.3 is 0 Å². The first-order valence-electron chi connectivity index (χ1n) is 14.9. The Hall–Kier alpha value is -5.06. The Labute approximate surface area is 266 Å². The third kappa shape index (κ3) is 7.77. The lowest BCUT2D eigenvalue weighted by atomic mass is 9.84. The van der Waals surface area contributed by atoms with E-state index in [4.69, 9.17) is 24.3 Å². The van der Waals surface area contributed by atoms with Crippen LogP contribution in [0, 0.1) is 11.6 Å². The number of aliphatic imine (C=N–C) groups is 1. The van der Waals surface area contributed by atoms with Crippen molar-refractivity contribution in [1.82, 2.24) is 10.9 Å². The zero-order chi connectivity index (χ0) is 32.4. The number of nitrogens with one attached hydrogen (secondary N) is 2. The molecule has 1 aliphatic heterocycles. The fourth-order valence-corrected chi connectivity index (χ4v) is 5.07. The molecule has 5 rings (SSSR count). The van der Waals surface area contributed by atoms with Crippen LogP contribution in [0.25, 0.3) is 6.08 Å². The van der Waals surface area contributed by atoms with Crippen LogP contribution in [0.15, 0.2) is 108 Å². The van der Waals surface area contributed by atoms with Gasteiger partial charge in [-0.15, -0.1) is 0 Å². The van der Waals surface area contributed by atoms with E-state index in [1.807, 2.05) is 54.6 Å². The van der Waals surface area contributed by atoms with E-state index >= 15 is 0 Å². The third-order valence-corrected chi connectivity index (χ3v) is 7.45. The summed E-state index contributed by atoms with van der Waals surface area (Å²) in [7, 11) is 1.55. The molecule has 0 fully saturated rings. The molecule has 0 unspecified atom stereocenters. The van der Waals surface area contributed by atoms with Crippen LogP contribution in [0.1, 0.15) is 41.2 Å². The zero-order valence-electron chi connectivity index (χ0n) is 25.3. The van der Waals surface area contributed by atoms with Crippen LogP contribution in [0.4, 0.5) is 8.78 Å². The first-order chi connectivity index (χ1) is 22.4. The van der Waals surface area contributed by atoms with E-state index in [0.717, 1.165) is 23.8 Å². The SMILES string of the molecule is COc1cccc([C@@H]2OC(c3ccc(OCCCO)cc3)=N[C@]2(C/C=C/c2ccccc2)C(=O)NNCc2cc(F)ccc2F)c1. The number of ether oxygens (including phenoxy) is 3. The number of nitrogens with zero attached hydrogens (tertiary/aromatic N) is 1. The maximum atomic E-state index is 14.3. The van der Waals surface area contributed by atoms with Crippen molar-refractivity contribution in [2.75, 3.05) is 20.3 Å². The van der Waals surface area contributed by atoms with Gasteiger partial charge in [-0.05, 0) is 65.7 Å². The summed E-state index contributed by atoms with van der Waals surface area (Å²) in [5, 5.41) is 9.05. The number of hydrazine groups is 1. The minimum absolute atomic E-state index is 0.0310. The van der Waals surface area contributed by atoms with E-state index < -0.39 is 29.2 Å². The summed E-state index contributed by atoms with van der Waals surface area (Å²) in [4.78, 5) is 19.2. The highest BCUT2D eigenvalue weighted by Gasteiger charge is 2.52. The number of halogens is 2. The molecule has 0 saturated heterocycles. The molecule has 0 aliphatic carbocycles. The Kier molecular flexibility index (Phi) is 10.7. The summed E-state index contributed by atoms with van der Waals surface area (Å²) in [6, 6.07) is 27.1. The lowest BCUT2D eigenvalue weighted by Gasteiger charge is -2.30. The van der Waals surface area contributed by atoms with Crippen LogP contribution in [-0.2, 0) is 16.1 Å². The summed E-state index contributed by atoms with van der Waals surface area (Å²) in [5.74, 6) is -0.293. The lowest BCUT2D eigenvalue weighted by Crippen LogP contribution is -2.52. The second-order valence-electron chi connectivity index (χ2n) is 10.6. The Balaban J connectivity index is 1.51. The van der Waals surface area contributed by atoms with Crippen LogP contribution >= 0.6 is 0 Å². The highest BCUT2D eigenvalue weighted by Crippen LogP contribution is 2.43. The summed E-state index contributed by atoms with van der Waals surface area (Å²) in [6.07, 6.45) is 3.53. The number of rotatable bonds is 14. The van der Waals surface area contributed by atoms with E-state index in [1.165, 1.54) is 0 Å². The average molecular weight is 628 g/mol. The molecule has 10 heteroatoms. The van der Waals surface area contributed by atoms with Crippen molar-refractivity contribution in [3.63, 3.8) is 0 Å². The summed E-state index contributed by atoms with van der Waals surface area (Å²) >= 11 is 0. The normalized spacial score (nSPS) is 17.4. The van der Waals surface area contributed by atoms with Crippen LogP contribution in [0.3, 0.4) is 0 Å². The molecule has 0 radical (unpaired) electrons. The van der Waals surface area contributed by atoms with E-state index in [2.05, 4.69) is 10.9 Å². The van der Waals surface area contributed by atoms with Crippen molar-refractivity contribution >= 4 is 17.9 Å². The molecule has 1 aliphatic rings. The molecule has 0 spiro atoms. The van der Waals surface area contributed by atoms with Gasteiger partial charge in [0.05, 0.1) is 13.7 Å². The van der Waals surface area contributed by atoms with Gasteiger partial charge in [0, 0.05) is 37.1 Å². The van der Waals surface area contributed by atoms with Crippen LogP contribution in [0.5, 0.6) is 11.5 Å². The summed E-state index contributed by atoms with van der Waals surface area (Å²) in [5.41, 5.74) is 6.18.